The molecule has 3 aromatic rings. The third-order valence-corrected chi connectivity index (χ3v) is 7.20. The van der Waals surface area contributed by atoms with Gasteiger partial charge >= 0.3 is 6.18 Å². The normalized spacial score (nSPS) is 16.0. The molecule has 1 fully saturated rings. The fourth-order valence-electron chi connectivity index (χ4n) is 3.00. The highest BCUT2D eigenvalue weighted by atomic mass is 32.2. The van der Waals surface area contributed by atoms with Gasteiger partial charge in [-0.25, -0.2) is 18.4 Å². The van der Waals surface area contributed by atoms with E-state index in [1.54, 1.807) is 5.38 Å². The van der Waals surface area contributed by atoms with E-state index < -0.39 is 22.0 Å². The van der Waals surface area contributed by atoms with Gasteiger partial charge in [-0.2, -0.15) is 17.5 Å². The molecule has 28 heavy (non-hydrogen) atoms. The fourth-order valence-corrected chi connectivity index (χ4v) is 5.29. The molecule has 4 rings (SSSR count). The number of nitrogens with one attached hydrogen (secondary N) is 1. The molecule has 0 bridgehead atoms. The minimum Gasteiger partial charge on any atom is -0.339 e. The molecule has 1 saturated heterocycles. The van der Waals surface area contributed by atoms with Crippen LogP contribution in [0.25, 0.3) is 10.2 Å². The molecule has 1 aliphatic rings. The van der Waals surface area contributed by atoms with E-state index in [4.69, 9.17) is 0 Å². The topological polar surface area (TPSA) is 75.2 Å². The molecular formula is C17H15F3N4O2S2. The molecule has 2 aromatic heterocycles. The summed E-state index contributed by atoms with van der Waals surface area (Å²) in [7, 11) is -3.55. The van der Waals surface area contributed by atoms with Crippen LogP contribution in [-0.4, -0.2) is 35.8 Å². The van der Waals surface area contributed by atoms with Crippen molar-refractivity contribution in [2.75, 3.05) is 18.4 Å². The van der Waals surface area contributed by atoms with Crippen LogP contribution in [0, 0.1) is 0 Å². The maximum absolute atomic E-state index is 13.1. The number of alkyl halides is 3. The Kier molecular flexibility index (Phi) is 4.76. The first-order valence-corrected chi connectivity index (χ1v) is 10.8. The predicted molar refractivity (Wildman–Crippen MR) is 100 cm³/mol. The number of halogens is 3. The highest BCUT2D eigenvalue weighted by Crippen LogP contribution is 2.34. The molecule has 0 saturated carbocycles. The zero-order chi connectivity index (χ0) is 19.9. The van der Waals surface area contributed by atoms with Crippen molar-refractivity contribution in [1.29, 1.82) is 0 Å². The smallest absolute Gasteiger partial charge is 0.339 e. The van der Waals surface area contributed by atoms with Gasteiger partial charge in [0.2, 0.25) is 15.8 Å². The molecule has 0 unspecified atom stereocenters. The second-order valence-electron chi connectivity index (χ2n) is 6.29. The molecule has 0 atom stereocenters. The fraction of sp³-hybridized carbons (Fsp3) is 0.294. The maximum atomic E-state index is 13.1. The van der Waals surface area contributed by atoms with Gasteiger partial charge in [-0.05, 0) is 48.6 Å². The van der Waals surface area contributed by atoms with Gasteiger partial charge in [0.15, 0.2) is 5.82 Å². The Morgan fingerprint density at radius 1 is 1.04 bits per heavy atom. The van der Waals surface area contributed by atoms with E-state index >= 15 is 0 Å². The highest BCUT2D eigenvalue weighted by Gasteiger charge is 2.35. The molecule has 11 heteroatoms. The van der Waals surface area contributed by atoms with Crippen molar-refractivity contribution in [1.82, 2.24) is 14.3 Å². The second-order valence-corrected chi connectivity index (χ2v) is 9.14. The minimum atomic E-state index is -4.67. The molecule has 1 N–H and O–H groups in total. The van der Waals surface area contributed by atoms with Gasteiger partial charge in [0.1, 0.15) is 0 Å². The molecule has 0 aliphatic carbocycles. The Bertz CT molecular complexity index is 1110. The summed E-state index contributed by atoms with van der Waals surface area (Å²) in [5, 5.41) is 4.48. The number of hydrogen-bond acceptors (Lipinski definition) is 6. The predicted octanol–water partition coefficient (Wildman–Crippen LogP) is 4.24. The van der Waals surface area contributed by atoms with E-state index in [0.29, 0.717) is 23.5 Å². The van der Waals surface area contributed by atoms with Crippen LogP contribution < -0.4 is 5.32 Å². The number of thiophene rings is 1. The summed E-state index contributed by atoms with van der Waals surface area (Å²) in [5.41, 5.74) is 0.630. The Balaban J connectivity index is 1.64. The van der Waals surface area contributed by atoms with E-state index in [9.17, 15) is 21.6 Å². The zero-order valence-corrected chi connectivity index (χ0v) is 16.0. The van der Waals surface area contributed by atoms with E-state index in [1.165, 1.54) is 46.0 Å². The van der Waals surface area contributed by atoms with E-state index in [0.717, 1.165) is 12.8 Å². The Labute approximate surface area is 163 Å². The lowest BCUT2D eigenvalue weighted by atomic mass is 10.3. The monoisotopic (exact) mass is 428 g/mol. The largest absolute Gasteiger partial charge is 0.451 e. The van der Waals surface area contributed by atoms with Crippen LogP contribution >= 0.6 is 11.3 Å². The molecule has 0 spiro atoms. The van der Waals surface area contributed by atoms with Crippen LogP contribution in [-0.2, 0) is 16.2 Å². The molecule has 1 aromatic carbocycles. The van der Waals surface area contributed by atoms with Crippen LogP contribution in [0.2, 0.25) is 0 Å². The third kappa shape index (κ3) is 3.56. The van der Waals surface area contributed by atoms with Crippen LogP contribution in [0.15, 0.2) is 40.6 Å². The van der Waals surface area contributed by atoms with Crippen molar-refractivity contribution >= 4 is 43.1 Å². The molecule has 148 valence electrons. The van der Waals surface area contributed by atoms with Gasteiger partial charge in [-0.1, -0.05) is 0 Å². The lowest BCUT2D eigenvalue weighted by molar-refractivity contribution is -0.144. The summed E-state index contributed by atoms with van der Waals surface area (Å²) < 4.78 is 66.2. The van der Waals surface area contributed by atoms with Gasteiger partial charge in [0, 0.05) is 18.8 Å². The number of rotatable bonds is 4. The summed E-state index contributed by atoms with van der Waals surface area (Å²) >= 11 is 1.22. The first-order valence-electron chi connectivity index (χ1n) is 8.45. The van der Waals surface area contributed by atoms with Gasteiger partial charge < -0.3 is 5.32 Å². The molecule has 3 heterocycles. The number of aromatic nitrogens is 2. The highest BCUT2D eigenvalue weighted by molar-refractivity contribution is 7.89. The van der Waals surface area contributed by atoms with Crippen molar-refractivity contribution in [3.8, 4) is 0 Å². The van der Waals surface area contributed by atoms with Gasteiger partial charge in [-0.3, -0.25) is 0 Å². The molecule has 0 radical (unpaired) electrons. The Hall–Kier alpha value is -2.24. The van der Waals surface area contributed by atoms with Gasteiger partial charge in [-0.15, -0.1) is 11.3 Å². The first kappa shape index (κ1) is 19.1. The SMILES string of the molecule is O=S(=O)(c1ccc(Nc2nc(C(F)(F)F)nc3ccsc23)cc1)N1CCCC1. The Morgan fingerprint density at radius 2 is 1.71 bits per heavy atom. The maximum Gasteiger partial charge on any atom is 0.451 e. The average molecular weight is 428 g/mol. The average Bonchev–Trinajstić information content (AvgIpc) is 3.33. The summed E-state index contributed by atoms with van der Waals surface area (Å²) in [6.07, 6.45) is -2.99. The number of fused-ring (bicyclic) bond motifs is 1. The summed E-state index contributed by atoms with van der Waals surface area (Å²) in [5.74, 6) is -1.20. The van der Waals surface area contributed by atoms with Crippen molar-refractivity contribution in [3.05, 3.63) is 41.5 Å². The number of hydrogen-bond donors (Lipinski definition) is 1. The summed E-state index contributed by atoms with van der Waals surface area (Å²) in [4.78, 5) is 7.31. The minimum absolute atomic E-state index is 0.0301. The standard InChI is InChI=1S/C17H15F3N4O2S2/c18-17(19,20)16-22-13-7-10-27-14(13)15(23-16)21-11-3-5-12(6-4-11)28(25,26)24-8-1-2-9-24/h3-7,10H,1-2,8-9H2,(H,21,22,23). The quantitative estimate of drug-likeness (QED) is 0.673. The molecule has 1 aliphatic heterocycles. The van der Waals surface area contributed by atoms with Crippen LogP contribution in [0.4, 0.5) is 24.7 Å². The van der Waals surface area contributed by atoms with Crippen molar-refractivity contribution in [2.45, 2.75) is 23.9 Å². The molecular weight excluding hydrogens is 413 g/mol. The number of anilines is 2. The number of nitrogens with zero attached hydrogens (tertiary/aromatic N) is 3. The van der Waals surface area contributed by atoms with E-state index in [-0.39, 0.29) is 16.2 Å². The van der Waals surface area contributed by atoms with Crippen molar-refractivity contribution in [2.24, 2.45) is 0 Å². The summed E-state index contributed by atoms with van der Waals surface area (Å²) in [6.45, 7) is 1.000. The van der Waals surface area contributed by atoms with Crippen molar-refractivity contribution < 1.29 is 21.6 Å². The van der Waals surface area contributed by atoms with Crippen LogP contribution in [0.1, 0.15) is 18.7 Å². The lowest BCUT2D eigenvalue weighted by Gasteiger charge is -2.16. The Morgan fingerprint density at radius 3 is 2.36 bits per heavy atom. The number of sulfonamides is 1. The van der Waals surface area contributed by atoms with E-state index in [1.807, 2.05) is 0 Å². The third-order valence-electron chi connectivity index (χ3n) is 4.38. The zero-order valence-electron chi connectivity index (χ0n) is 14.4. The van der Waals surface area contributed by atoms with Crippen LogP contribution in [0.5, 0.6) is 0 Å². The first-order chi connectivity index (χ1) is 13.2. The van der Waals surface area contributed by atoms with Gasteiger partial charge in [0.25, 0.3) is 0 Å². The summed E-state index contributed by atoms with van der Waals surface area (Å²) in [6, 6.07) is 7.39. The molecule has 0 amide bonds. The van der Waals surface area contributed by atoms with Gasteiger partial charge in [0.05, 0.1) is 15.1 Å². The second kappa shape index (κ2) is 6.98. The lowest BCUT2D eigenvalue weighted by Crippen LogP contribution is -2.27. The van der Waals surface area contributed by atoms with E-state index in [2.05, 4.69) is 15.3 Å². The van der Waals surface area contributed by atoms with Crippen LogP contribution in [0.3, 0.4) is 0 Å². The van der Waals surface area contributed by atoms with Crippen molar-refractivity contribution in [3.63, 3.8) is 0 Å². The number of benzene rings is 1. The molecule has 6 nitrogen and oxygen atoms in total.